The molecular weight excluding hydrogens is 280 g/mol. The van der Waals surface area contributed by atoms with E-state index in [1.54, 1.807) is 24.3 Å². The standard InChI is InChI=1S/C13H18N4O2.ClH/c14-13(19)17-10-4-1-3-9(7-10)12(18)16-11-5-2-6-15-8-11;/h1,3-4,7,11,15H,2,5-6,8H2,(H,16,18)(H3,14,17,19);1H. The van der Waals surface area contributed by atoms with Crippen molar-refractivity contribution in [3.63, 3.8) is 0 Å². The lowest BCUT2D eigenvalue weighted by Gasteiger charge is -2.23. The first-order valence-corrected chi connectivity index (χ1v) is 6.33. The van der Waals surface area contributed by atoms with Crippen LogP contribution in [0.3, 0.4) is 0 Å². The zero-order valence-corrected chi connectivity index (χ0v) is 11.8. The molecule has 7 heteroatoms. The Labute approximate surface area is 123 Å². The number of hydrogen-bond acceptors (Lipinski definition) is 3. The van der Waals surface area contributed by atoms with Crippen molar-refractivity contribution in [2.24, 2.45) is 5.73 Å². The molecule has 0 bridgehead atoms. The molecule has 1 fully saturated rings. The van der Waals surface area contributed by atoms with Crippen LogP contribution in [-0.4, -0.2) is 31.1 Å². The Kier molecular flexibility index (Phi) is 6.27. The first-order chi connectivity index (χ1) is 9.15. The maximum Gasteiger partial charge on any atom is 0.316 e. The summed E-state index contributed by atoms with van der Waals surface area (Å²) in [5.41, 5.74) is 6.07. The monoisotopic (exact) mass is 298 g/mol. The zero-order valence-electron chi connectivity index (χ0n) is 11.0. The van der Waals surface area contributed by atoms with Gasteiger partial charge < -0.3 is 21.7 Å². The summed E-state index contributed by atoms with van der Waals surface area (Å²) < 4.78 is 0. The van der Waals surface area contributed by atoms with Crippen molar-refractivity contribution in [3.8, 4) is 0 Å². The molecule has 20 heavy (non-hydrogen) atoms. The maximum absolute atomic E-state index is 12.1. The fraction of sp³-hybridized carbons (Fsp3) is 0.385. The topological polar surface area (TPSA) is 96.2 Å². The number of carbonyl (C=O) groups is 2. The van der Waals surface area contributed by atoms with Gasteiger partial charge in [-0.1, -0.05) is 6.07 Å². The van der Waals surface area contributed by atoms with E-state index >= 15 is 0 Å². The average molecular weight is 299 g/mol. The maximum atomic E-state index is 12.1. The smallest absolute Gasteiger partial charge is 0.316 e. The normalized spacial score (nSPS) is 17.7. The van der Waals surface area contributed by atoms with E-state index in [4.69, 9.17) is 5.73 Å². The highest BCUT2D eigenvalue weighted by atomic mass is 35.5. The second kappa shape index (κ2) is 7.72. The fourth-order valence-electron chi connectivity index (χ4n) is 2.12. The van der Waals surface area contributed by atoms with Gasteiger partial charge in [0.2, 0.25) is 0 Å². The Hall–Kier alpha value is -1.79. The summed E-state index contributed by atoms with van der Waals surface area (Å²) in [6, 6.07) is 6.22. The summed E-state index contributed by atoms with van der Waals surface area (Å²) in [7, 11) is 0. The van der Waals surface area contributed by atoms with E-state index in [-0.39, 0.29) is 24.4 Å². The quantitative estimate of drug-likeness (QED) is 0.672. The molecule has 1 heterocycles. The predicted octanol–water partition coefficient (Wildman–Crippen LogP) is 1.08. The Balaban J connectivity index is 0.00000200. The third kappa shape index (κ3) is 4.71. The lowest BCUT2D eigenvalue weighted by Crippen LogP contribution is -2.45. The number of carbonyl (C=O) groups excluding carboxylic acids is 2. The van der Waals surface area contributed by atoms with Crippen LogP contribution < -0.4 is 21.7 Å². The number of rotatable bonds is 3. The molecule has 1 unspecified atom stereocenters. The van der Waals surface area contributed by atoms with Crippen molar-refractivity contribution in [1.82, 2.24) is 10.6 Å². The molecule has 0 spiro atoms. The number of nitrogens with one attached hydrogen (secondary N) is 3. The van der Waals surface area contributed by atoms with Gasteiger partial charge in [-0.05, 0) is 37.6 Å². The van der Waals surface area contributed by atoms with Gasteiger partial charge >= 0.3 is 6.03 Å². The molecule has 5 N–H and O–H groups in total. The minimum absolute atomic E-state index is 0. The van der Waals surface area contributed by atoms with Gasteiger partial charge in [0.25, 0.3) is 5.91 Å². The number of benzene rings is 1. The summed E-state index contributed by atoms with van der Waals surface area (Å²) in [4.78, 5) is 22.8. The van der Waals surface area contributed by atoms with Crippen LogP contribution in [0.15, 0.2) is 24.3 Å². The van der Waals surface area contributed by atoms with Crippen LogP contribution in [0.4, 0.5) is 10.5 Å². The number of amides is 3. The Bertz CT molecular complexity index is 475. The van der Waals surface area contributed by atoms with Crippen molar-refractivity contribution in [1.29, 1.82) is 0 Å². The van der Waals surface area contributed by atoms with Crippen LogP contribution in [0.2, 0.25) is 0 Å². The molecule has 3 amide bonds. The summed E-state index contributed by atoms with van der Waals surface area (Å²) >= 11 is 0. The number of primary amides is 1. The van der Waals surface area contributed by atoms with Crippen molar-refractivity contribution >= 4 is 30.0 Å². The van der Waals surface area contributed by atoms with Gasteiger partial charge in [-0.15, -0.1) is 12.4 Å². The summed E-state index contributed by atoms with van der Waals surface area (Å²) in [6.45, 7) is 1.80. The van der Waals surface area contributed by atoms with Gasteiger partial charge in [0.05, 0.1) is 0 Å². The highest BCUT2D eigenvalue weighted by Crippen LogP contribution is 2.11. The van der Waals surface area contributed by atoms with Crippen LogP contribution in [0.25, 0.3) is 0 Å². The third-order valence-corrected chi connectivity index (χ3v) is 3.02. The second-order valence-electron chi connectivity index (χ2n) is 4.59. The molecule has 6 nitrogen and oxygen atoms in total. The van der Waals surface area contributed by atoms with Gasteiger partial charge in [0.1, 0.15) is 0 Å². The van der Waals surface area contributed by atoms with E-state index < -0.39 is 6.03 Å². The van der Waals surface area contributed by atoms with Crippen LogP contribution >= 0.6 is 12.4 Å². The first kappa shape index (κ1) is 16.3. The van der Waals surface area contributed by atoms with Gasteiger partial charge in [0.15, 0.2) is 0 Å². The molecule has 2 rings (SSSR count). The van der Waals surface area contributed by atoms with Crippen molar-refractivity contribution < 1.29 is 9.59 Å². The van der Waals surface area contributed by atoms with Gasteiger partial charge in [0, 0.05) is 23.8 Å². The molecule has 0 saturated carbocycles. The molecule has 1 saturated heterocycles. The lowest BCUT2D eigenvalue weighted by atomic mass is 10.1. The number of halogens is 1. The van der Waals surface area contributed by atoms with Gasteiger partial charge in [-0.25, -0.2) is 4.79 Å². The van der Waals surface area contributed by atoms with E-state index in [1.807, 2.05) is 0 Å². The molecule has 110 valence electrons. The third-order valence-electron chi connectivity index (χ3n) is 3.02. The fourth-order valence-corrected chi connectivity index (χ4v) is 2.12. The summed E-state index contributed by atoms with van der Waals surface area (Å²) in [5, 5.41) is 8.66. The lowest BCUT2D eigenvalue weighted by molar-refractivity contribution is 0.0930. The van der Waals surface area contributed by atoms with Crippen molar-refractivity contribution in [2.75, 3.05) is 18.4 Å². The number of nitrogens with two attached hydrogens (primary N) is 1. The van der Waals surface area contributed by atoms with E-state index in [9.17, 15) is 9.59 Å². The molecule has 1 aromatic rings. The summed E-state index contributed by atoms with van der Waals surface area (Å²) in [5.74, 6) is -0.137. The van der Waals surface area contributed by atoms with E-state index in [0.29, 0.717) is 11.3 Å². The number of piperidine rings is 1. The van der Waals surface area contributed by atoms with Crippen LogP contribution in [0.5, 0.6) is 0 Å². The van der Waals surface area contributed by atoms with E-state index in [0.717, 1.165) is 25.9 Å². The van der Waals surface area contributed by atoms with Crippen LogP contribution in [0, 0.1) is 0 Å². The highest BCUT2D eigenvalue weighted by Gasteiger charge is 2.16. The van der Waals surface area contributed by atoms with E-state index in [2.05, 4.69) is 16.0 Å². The van der Waals surface area contributed by atoms with Crippen molar-refractivity contribution in [3.05, 3.63) is 29.8 Å². The number of anilines is 1. The molecule has 1 atom stereocenters. The van der Waals surface area contributed by atoms with Crippen molar-refractivity contribution in [2.45, 2.75) is 18.9 Å². The second-order valence-corrected chi connectivity index (χ2v) is 4.59. The SMILES string of the molecule is Cl.NC(=O)Nc1cccc(C(=O)NC2CCCNC2)c1. The van der Waals surface area contributed by atoms with Crippen LogP contribution in [0.1, 0.15) is 23.2 Å². The predicted molar refractivity (Wildman–Crippen MR) is 80.3 cm³/mol. The molecule has 1 aliphatic heterocycles. The minimum Gasteiger partial charge on any atom is -0.351 e. The van der Waals surface area contributed by atoms with Crippen LogP contribution in [-0.2, 0) is 0 Å². The Morgan fingerprint density at radius 3 is 2.80 bits per heavy atom. The van der Waals surface area contributed by atoms with Gasteiger partial charge in [-0.3, -0.25) is 4.79 Å². The van der Waals surface area contributed by atoms with E-state index in [1.165, 1.54) is 0 Å². The molecule has 1 aromatic carbocycles. The number of hydrogen-bond donors (Lipinski definition) is 4. The largest absolute Gasteiger partial charge is 0.351 e. The first-order valence-electron chi connectivity index (χ1n) is 6.33. The Morgan fingerprint density at radius 2 is 2.15 bits per heavy atom. The zero-order chi connectivity index (χ0) is 13.7. The Morgan fingerprint density at radius 1 is 1.35 bits per heavy atom. The average Bonchev–Trinajstić information content (AvgIpc) is 2.39. The van der Waals surface area contributed by atoms with Gasteiger partial charge in [-0.2, -0.15) is 0 Å². The molecule has 0 aliphatic carbocycles. The molecule has 0 aromatic heterocycles. The molecular formula is C13H19ClN4O2. The molecule has 0 radical (unpaired) electrons. The highest BCUT2D eigenvalue weighted by molar-refractivity contribution is 5.96. The number of urea groups is 1. The minimum atomic E-state index is -0.644. The molecule has 1 aliphatic rings. The summed E-state index contributed by atoms with van der Waals surface area (Å²) in [6.07, 6.45) is 2.05.